The van der Waals surface area contributed by atoms with E-state index in [1.807, 2.05) is 6.08 Å². The molecule has 0 heterocycles. The van der Waals surface area contributed by atoms with Crippen LogP contribution in [0.2, 0.25) is 0 Å². The third-order valence-corrected chi connectivity index (χ3v) is 17.0. The average Bonchev–Trinajstić information content (AvgIpc) is 3.45. The second-order valence-electron chi connectivity index (χ2n) is 24.9. The molecule has 2 unspecified atom stereocenters. The highest BCUT2D eigenvalue weighted by Crippen LogP contribution is 2.19. The maximum absolute atomic E-state index is 12.4. The summed E-state index contributed by atoms with van der Waals surface area (Å²) in [5.41, 5.74) is 0. The van der Waals surface area contributed by atoms with Crippen molar-refractivity contribution in [1.29, 1.82) is 0 Å². The highest BCUT2D eigenvalue weighted by atomic mass is 16.5. The lowest BCUT2D eigenvalue weighted by Gasteiger charge is -2.20. The van der Waals surface area contributed by atoms with Gasteiger partial charge in [-0.05, 0) is 57.8 Å². The van der Waals surface area contributed by atoms with Gasteiger partial charge in [0.15, 0.2) is 0 Å². The van der Waals surface area contributed by atoms with Crippen molar-refractivity contribution in [3.05, 3.63) is 24.3 Å². The second-order valence-corrected chi connectivity index (χ2v) is 24.9. The summed E-state index contributed by atoms with van der Waals surface area (Å²) in [5.74, 6) is -0.0467. The molecule has 6 heteroatoms. The molecular formula is C73H141NO5. The number of esters is 1. The Morgan fingerprint density at radius 3 is 0.899 bits per heavy atom. The third-order valence-electron chi connectivity index (χ3n) is 17.0. The van der Waals surface area contributed by atoms with Crippen molar-refractivity contribution >= 4 is 11.9 Å². The number of hydrogen-bond acceptors (Lipinski definition) is 5. The van der Waals surface area contributed by atoms with Gasteiger partial charge in [-0.3, -0.25) is 9.59 Å². The van der Waals surface area contributed by atoms with Crippen LogP contribution in [0.1, 0.15) is 406 Å². The smallest absolute Gasteiger partial charge is 0.305 e. The lowest BCUT2D eigenvalue weighted by atomic mass is 10.0. The number of amides is 1. The average molecular weight is 1110 g/mol. The topological polar surface area (TPSA) is 95.9 Å². The van der Waals surface area contributed by atoms with Crippen LogP contribution >= 0.6 is 0 Å². The summed E-state index contributed by atoms with van der Waals surface area (Å²) in [5, 5.41) is 23.0. The lowest BCUT2D eigenvalue weighted by Crippen LogP contribution is -2.45. The molecule has 79 heavy (non-hydrogen) atoms. The molecule has 0 saturated carbocycles. The summed E-state index contributed by atoms with van der Waals surface area (Å²) in [6.45, 7) is 4.91. The van der Waals surface area contributed by atoms with Crippen LogP contribution in [0.4, 0.5) is 0 Å². The van der Waals surface area contributed by atoms with E-state index in [4.69, 9.17) is 4.74 Å². The van der Waals surface area contributed by atoms with E-state index < -0.39 is 12.1 Å². The number of nitrogens with one attached hydrogen (secondary N) is 1. The molecule has 0 spiro atoms. The molecule has 0 rings (SSSR count). The Bertz CT molecular complexity index is 1230. The van der Waals surface area contributed by atoms with E-state index in [1.165, 1.54) is 334 Å². The highest BCUT2D eigenvalue weighted by Gasteiger charge is 2.18. The van der Waals surface area contributed by atoms with Gasteiger partial charge < -0.3 is 20.3 Å². The summed E-state index contributed by atoms with van der Waals surface area (Å²) >= 11 is 0. The third kappa shape index (κ3) is 65.4. The molecule has 2 atom stereocenters. The monoisotopic (exact) mass is 1110 g/mol. The van der Waals surface area contributed by atoms with E-state index in [9.17, 15) is 19.8 Å². The molecule has 0 aliphatic heterocycles. The van der Waals surface area contributed by atoms with Gasteiger partial charge in [0.05, 0.1) is 25.4 Å². The Kier molecular flexibility index (Phi) is 67.4. The number of carbonyl (C=O) groups excluding carboxylic acids is 2. The zero-order chi connectivity index (χ0) is 57.1. The van der Waals surface area contributed by atoms with Crippen molar-refractivity contribution in [3.8, 4) is 0 Å². The van der Waals surface area contributed by atoms with Crippen LogP contribution in [0.15, 0.2) is 24.3 Å². The first-order valence-corrected chi connectivity index (χ1v) is 36.1. The molecule has 1 amide bonds. The Balaban J connectivity index is 3.28. The SMILES string of the molecule is CCCCCCCC/C=C\CCCCCCCC(=O)OCCCCCCCCCCCCCCCCCCCCCCCCCCCCCCCCCCCCCCCC(=O)NC(CO)C(O)/C=C/CCCCCCCCCC. The number of aliphatic hydroxyl groups excluding tert-OH is 2. The zero-order valence-electron chi connectivity index (χ0n) is 53.6. The maximum atomic E-state index is 12.4. The minimum Gasteiger partial charge on any atom is -0.466 e. The van der Waals surface area contributed by atoms with Crippen LogP contribution in [0.5, 0.6) is 0 Å². The van der Waals surface area contributed by atoms with Gasteiger partial charge in [0.25, 0.3) is 0 Å². The summed E-state index contributed by atoms with van der Waals surface area (Å²) < 4.78 is 5.50. The van der Waals surface area contributed by atoms with Crippen LogP contribution in [0, 0.1) is 0 Å². The second kappa shape index (κ2) is 68.8. The maximum Gasteiger partial charge on any atom is 0.305 e. The molecule has 0 radical (unpaired) electrons. The Labute approximate surface area is 494 Å². The minimum atomic E-state index is -0.838. The van der Waals surface area contributed by atoms with E-state index >= 15 is 0 Å². The summed E-state index contributed by atoms with van der Waals surface area (Å²) in [4.78, 5) is 24.5. The lowest BCUT2D eigenvalue weighted by molar-refractivity contribution is -0.143. The van der Waals surface area contributed by atoms with Gasteiger partial charge in [-0.1, -0.05) is 359 Å². The number of rotatable bonds is 68. The van der Waals surface area contributed by atoms with Gasteiger partial charge in [0.2, 0.25) is 5.91 Å². The first kappa shape index (κ1) is 77.3. The number of unbranched alkanes of at least 4 members (excludes halogenated alkanes) is 55. The van der Waals surface area contributed by atoms with Crippen molar-refractivity contribution < 1.29 is 24.5 Å². The van der Waals surface area contributed by atoms with Crippen LogP contribution in [0.3, 0.4) is 0 Å². The highest BCUT2D eigenvalue weighted by molar-refractivity contribution is 5.76. The fourth-order valence-electron chi connectivity index (χ4n) is 11.5. The van der Waals surface area contributed by atoms with Crippen molar-refractivity contribution in [2.45, 2.75) is 418 Å². The molecule has 0 aromatic heterocycles. The fraction of sp³-hybridized carbons (Fsp3) is 0.918. The van der Waals surface area contributed by atoms with Crippen LogP contribution in [0.25, 0.3) is 0 Å². The number of aliphatic hydroxyl groups is 2. The van der Waals surface area contributed by atoms with Crippen molar-refractivity contribution in [3.63, 3.8) is 0 Å². The normalized spacial score (nSPS) is 12.6. The van der Waals surface area contributed by atoms with E-state index in [-0.39, 0.29) is 18.5 Å². The quantitative estimate of drug-likeness (QED) is 0.0320. The van der Waals surface area contributed by atoms with E-state index in [2.05, 4.69) is 31.3 Å². The van der Waals surface area contributed by atoms with Gasteiger partial charge in [-0.15, -0.1) is 0 Å². The largest absolute Gasteiger partial charge is 0.466 e. The number of carbonyl (C=O) groups is 2. The first-order chi connectivity index (χ1) is 39.0. The van der Waals surface area contributed by atoms with Crippen LogP contribution in [-0.2, 0) is 14.3 Å². The van der Waals surface area contributed by atoms with Gasteiger partial charge >= 0.3 is 5.97 Å². The summed E-state index contributed by atoms with van der Waals surface area (Å²) in [6.07, 6.45) is 87.2. The zero-order valence-corrected chi connectivity index (χ0v) is 53.6. The van der Waals surface area contributed by atoms with Crippen molar-refractivity contribution in [2.24, 2.45) is 0 Å². The Hall–Kier alpha value is -1.66. The van der Waals surface area contributed by atoms with E-state index in [0.29, 0.717) is 19.4 Å². The Morgan fingerprint density at radius 2 is 0.595 bits per heavy atom. The first-order valence-electron chi connectivity index (χ1n) is 36.1. The van der Waals surface area contributed by atoms with Gasteiger partial charge in [0.1, 0.15) is 0 Å². The van der Waals surface area contributed by atoms with Gasteiger partial charge in [-0.2, -0.15) is 0 Å². The predicted octanol–water partition coefficient (Wildman–Crippen LogP) is 23.3. The summed E-state index contributed by atoms with van der Waals surface area (Å²) in [7, 11) is 0. The molecule has 0 aliphatic rings. The summed E-state index contributed by atoms with van der Waals surface area (Å²) in [6, 6.07) is -0.621. The molecule has 0 aromatic carbocycles. The molecular weight excluding hydrogens is 971 g/mol. The molecule has 0 bridgehead atoms. The molecule has 0 fully saturated rings. The molecule has 0 aliphatic carbocycles. The molecule has 0 aromatic rings. The van der Waals surface area contributed by atoms with E-state index in [1.54, 1.807) is 6.08 Å². The van der Waals surface area contributed by atoms with Crippen LogP contribution in [-0.4, -0.2) is 47.4 Å². The standard InChI is InChI=1S/C73H141NO5/c1-3-5-7-9-11-13-15-16-40-44-47-51-55-59-63-67-73(78)79-68-64-60-56-52-48-45-42-39-37-35-33-31-29-27-25-23-21-19-17-18-20-22-24-26-28-30-32-34-36-38-41-43-46-50-54-58-62-66-72(77)74-70(69-75)71(76)65-61-57-53-49-14-12-10-8-6-4-2/h16,40,61,65,70-71,75-76H,3-15,17-39,41-60,62-64,66-69H2,1-2H3,(H,74,77)/b40-16-,65-61+. The van der Waals surface area contributed by atoms with E-state index in [0.717, 1.165) is 44.9 Å². The number of hydrogen-bond donors (Lipinski definition) is 3. The van der Waals surface area contributed by atoms with Gasteiger partial charge in [0, 0.05) is 12.8 Å². The Morgan fingerprint density at radius 1 is 0.342 bits per heavy atom. The molecule has 0 saturated heterocycles. The predicted molar refractivity (Wildman–Crippen MR) is 347 cm³/mol. The fourth-order valence-corrected chi connectivity index (χ4v) is 11.5. The number of allylic oxidation sites excluding steroid dienone is 3. The molecule has 468 valence electrons. The number of ether oxygens (including phenoxy) is 1. The minimum absolute atomic E-state index is 0.0157. The molecule has 3 N–H and O–H groups in total. The van der Waals surface area contributed by atoms with Gasteiger partial charge in [-0.25, -0.2) is 0 Å². The van der Waals surface area contributed by atoms with Crippen molar-refractivity contribution in [1.82, 2.24) is 5.32 Å². The van der Waals surface area contributed by atoms with Crippen molar-refractivity contribution in [2.75, 3.05) is 13.2 Å². The van der Waals surface area contributed by atoms with Crippen LogP contribution < -0.4 is 5.32 Å². The molecule has 6 nitrogen and oxygen atoms in total.